The van der Waals surface area contributed by atoms with E-state index in [-0.39, 0.29) is 12.0 Å². The molecule has 1 aromatic rings. The summed E-state index contributed by atoms with van der Waals surface area (Å²) in [4.78, 5) is 11.2. The molecule has 1 N–H and O–H groups in total. The lowest BCUT2D eigenvalue weighted by atomic mass is 10.1. The van der Waals surface area contributed by atoms with Crippen molar-refractivity contribution >= 4 is 5.97 Å². The minimum atomic E-state index is -0.123. The monoisotopic (exact) mass is 205 g/mol. The highest BCUT2D eigenvalue weighted by molar-refractivity contribution is 5.77. The Kier molecular flexibility index (Phi) is 3.02. The van der Waals surface area contributed by atoms with Crippen LogP contribution in [0, 0.1) is 6.92 Å². The van der Waals surface area contributed by atoms with E-state index >= 15 is 0 Å². The minimum absolute atomic E-state index is 0.120. The number of carbonyl (C=O) groups excluding carboxylic acids is 1. The number of benzene rings is 1. The van der Waals surface area contributed by atoms with Gasteiger partial charge in [-0.1, -0.05) is 29.8 Å². The topological polar surface area (TPSA) is 38.3 Å². The number of cyclic esters (lactones) is 1. The van der Waals surface area contributed by atoms with Gasteiger partial charge < -0.3 is 10.1 Å². The van der Waals surface area contributed by atoms with E-state index in [4.69, 9.17) is 4.74 Å². The molecular weight excluding hydrogens is 190 g/mol. The molecule has 2 rings (SSSR count). The smallest absolute Gasteiger partial charge is 0.323 e. The van der Waals surface area contributed by atoms with E-state index in [1.54, 1.807) is 0 Å². The fraction of sp³-hybridized carbons (Fsp3) is 0.417. The van der Waals surface area contributed by atoms with Crippen LogP contribution in [0.25, 0.3) is 0 Å². The molecule has 0 amide bonds. The number of carbonyl (C=O) groups is 1. The Morgan fingerprint density at radius 3 is 3.07 bits per heavy atom. The van der Waals surface area contributed by atoms with Crippen molar-refractivity contribution in [3.63, 3.8) is 0 Å². The van der Waals surface area contributed by atoms with Crippen LogP contribution in [0.4, 0.5) is 0 Å². The Morgan fingerprint density at radius 2 is 2.40 bits per heavy atom. The molecule has 0 spiro atoms. The molecule has 0 aromatic heterocycles. The Bertz CT molecular complexity index is 362. The summed E-state index contributed by atoms with van der Waals surface area (Å²) in [5, 5.41) is 3.20. The summed E-state index contributed by atoms with van der Waals surface area (Å²) in [6.45, 7) is 3.33. The third kappa shape index (κ3) is 2.57. The van der Waals surface area contributed by atoms with E-state index in [1.165, 1.54) is 11.1 Å². The predicted octanol–water partition coefficient (Wildman–Crippen LogP) is 1.40. The maximum absolute atomic E-state index is 11.2. The molecule has 1 fully saturated rings. The quantitative estimate of drug-likeness (QED) is 0.758. The maximum atomic E-state index is 11.2. The van der Waals surface area contributed by atoms with Gasteiger partial charge in [-0.3, -0.25) is 4.79 Å². The van der Waals surface area contributed by atoms with Gasteiger partial charge in [-0.25, -0.2) is 0 Å². The van der Waals surface area contributed by atoms with Crippen molar-refractivity contribution in [1.82, 2.24) is 5.32 Å². The molecule has 0 radical (unpaired) electrons. The van der Waals surface area contributed by atoms with E-state index in [0.29, 0.717) is 6.61 Å². The number of hydrogen-bond acceptors (Lipinski definition) is 3. The fourth-order valence-corrected chi connectivity index (χ4v) is 1.74. The molecule has 80 valence electrons. The Balaban J connectivity index is 1.90. The first-order valence-electron chi connectivity index (χ1n) is 5.21. The van der Waals surface area contributed by atoms with Crippen molar-refractivity contribution in [3.05, 3.63) is 35.4 Å². The van der Waals surface area contributed by atoms with Crippen molar-refractivity contribution in [2.75, 3.05) is 6.61 Å². The van der Waals surface area contributed by atoms with Crippen LogP contribution in [0.1, 0.15) is 17.5 Å². The largest absolute Gasteiger partial charge is 0.464 e. The highest BCUT2D eigenvalue weighted by Gasteiger charge is 2.25. The van der Waals surface area contributed by atoms with E-state index in [1.807, 2.05) is 6.07 Å². The summed E-state index contributed by atoms with van der Waals surface area (Å²) in [6.07, 6.45) is 0.782. The summed E-state index contributed by atoms with van der Waals surface area (Å²) in [5.41, 5.74) is 2.44. The minimum Gasteiger partial charge on any atom is -0.464 e. The summed E-state index contributed by atoms with van der Waals surface area (Å²) >= 11 is 0. The molecular formula is C12H15NO2. The van der Waals surface area contributed by atoms with Gasteiger partial charge in [0.15, 0.2) is 0 Å². The lowest BCUT2D eigenvalue weighted by Crippen LogP contribution is -2.32. The molecule has 1 aromatic carbocycles. The molecule has 1 aliphatic rings. The lowest BCUT2D eigenvalue weighted by molar-refractivity contribution is -0.139. The van der Waals surface area contributed by atoms with Crippen LogP contribution in [0.2, 0.25) is 0 Å². The summed E-state index contributed by atoms with van der Waals surface area (Å²) < 4.78 is 4.88. The van der Waals surface area contributed by atoms with Crippen molar-refractivity contribution in [1.29, 1.82) is 0 Å². The number of esters is 1. The third-order valence-corrected chi connectivity index (χ3v) is 2.57. The van der Waals surface area contributed by atoms with Gasteiger partial charge in [0, 0.05) is 13.0 Å². The van der Waals surface area contributed by atoms with E-state index in [2.05, 4.69) is 30.4 Å². The zero-order chi connectivity index (χ0) is 10.7. The first-order chi connectivity index (χ1) is 7.25. The van der Waals surface area contributed by atoms with Gasteiger partial charge >= 0.3 is 5.97 Å². The molecule has 15 heavy (non-hydrogen) atoms. The van der Waals surface area contributed by atoms with Gasteiger partial charge in [0.1, 0.15) is 6.04 Å². The molecule has 1 aliphatic heterocycles. The highest BCUT2D eigenvalue weighted by atomic mass is 16.5. The molecule has 0 aliphatic carbocycles. The van der Waals surface area contributed by atoms with Gasteiger partial charge in [-0.2, -0.15) is 0 Å². The Hall–Kier alpha value is -1.35. The van der Waals surface area contributed by atoms with Crippen LogP contribution < -0.4 is 5.32 Å². The number of ether oxygens (including phenoxy) is 1. The van der Waals surface area contributed by atoms with Crippen LogP contribution in [0.5, 0.6) is 0 Å². The van der Waals surface area contributed by atoms with Crippen molar-refractivity contribution in [2.45, 2.75) is 25.9 Å². The van der Waals surface area contributed by atoms with Crippen molar-refractivity contribution in [2.24, 2.45) is 0 Å². The first-order valence-corrected chi connectivity index (χ1v) is 5.21. The second kappa shape index (κ2) is 4.45. The summed E-state index contributed by atoms with van der Waals surface area (Å²) in [7, 11) is 0. The van der Waals surface area contributed by atoms with Crippen LogP contribution >= 0.6 is 0 Å². The van der Waals surface area contributed by atoms with Crippen molar-refractivity contribution in [3.8, 4) is 0 Å². The molecule has 3 heteroatoms. The predicted molar refractivity (Wildman–Crippen MR) is 57.4 cm³/mol. The second-order valence-electron chi connectivity index (χ2n) is 3.88. The fourth-order valence-electron chi connectivity index (χ4n) is 1.74. The number of nitrogens with one attached hydrogen (secondary N) is 1. The zero-order valence-electron chi connectivity index (χ0n) is 8.82. The molecule has 3 nitrogen and oxygen atoms in total. The van der Waals surface area contributed by atoms with Gasteiger partial charge in [-0.15, -0.1) is 0 Å². The third-order valence-electron chi connectivity index (χ3n) is 2.57. The van der Waals surface area contributed by atoms with E-state index < -0.39 is 0 Å². The number of rotatable bonds is 3. The standard InChI is InChI=1S/C12H15NO2/c1-9-3-2-4-10(7-9)8-13-11-5-6-15-12(11)14/h2-4,7,11,13H,5-6,8H2,1H3. The van der Waals surface area contributed by atoms with Gasteiger partial charge in [0.25, 0.3) is 0 Å². The van der Waals surface area contributed by atoms with E-state index in [0.717, 1.165) is 13.0 Å². The first kappa shape index (κ1) is 10.2. The van der Waals surface area contributed by atoms with Gasteiger partial charge in [0.2, 0.25) is 0 Å². The van der Waals surface area contributed by atoms with Crippen LogP contribution in [-0.2, 0) is 16.1 Å². The lowest BCUT2D eigenvalue weighted by Gasteiger charge is -2.08. The second-order valence-corrected chi connectivity index (χ2v) is 3.88. The zero-order valence-corrected chi connectivity index (χ0v) is 8.82. The average molecular weight is 205 g/mol. The Morgan fingerprint density at radius 1 is 1.53 bits per heavy atom. The molecule has 0 saturated carbocycles. The summed E-state index contributed by atoms with van der Waals surface area (Å²) in [5.74, 6) is -0.123. The van der Waals surface area contributed by atoms with Crippen molar-refractivity contribution < 1.29 is 9.53 Å². The van der Waals surface area contributed by atoms with E-state index in [9.17, 15) is 4.79 Å². The Labute approximate surface area is 89.4 Å². The van der Waals surface area contributed by atoms with Crippen LogP contribution in [0.3, 0.4) is 0 Å². The maximum Gasteiger partial charge on any atom is 0.323 e. The molecule has 1 atom stereocenters. The van der Waals surface area contributed by atoms with Crippen LogP contribution in [-0.4, -0.2) is 18.6 Å². The van der Waals surface area contributed by atoms with Gasteiger partial charge in [0.05, 0.1) is 6.61 Å². The highest BCUT2D eigenvalue weighted by Crippen LogP contribution is 2.08. The normalized spacial score (nSPS) is 20.3. The summed E-state index contributed by atoms with van der Waals surface area (Å²) in [6, 6.07) is 8.14. The SMILES string of the molecule is Cc1cccc(CNC2CCOC2=O)c1. The van der Waals surface area contributed by atoms with Gasteiger partial charge in [-0.05, 0) is 12.5 Å². The number of hydrogen-bond donors (Lipinski definition) is 1. The van der Waals surface area contributed by atoms with Crippen LogP contribution in [0.15, 0.2) is 24.3 Å². The number of aryl methyl sites for hydroxylation is 1. The molecule has 1 heterocycles. The average Bonchev–Trinajstić information content (AvgIpc) is 2.61. The molecule has 0 bridgehead atoms. The molecule has 1 saturated heterocycles. The molecule has 1 unspecified atom stereocenters.